The molecule has 4 atom stereocenters. The van der Waals surface area contributed by atoms with Gasteiger partial charge in [-0.25, -0.2) is 0 Å². The van der Waals surface area contributed by atoms with Crippen LogP contribution in [-0.4, -0.2) is 52.3 Å². The van der Waals surface area contributed by atoms with Crippen LogP contribution < -0.4 is 15.6 Å². The van der Waals surface area contributed by atoms with Crippen molar-refractivity contribution in [2.24, 2.45) is 11.8 Å². The fraction of sp³-hybridized carbons (Fsp3) is 0.346. The van der Waals surface area contributed by atoms with E-state index in [0.29, 0.717) is 18.7 Å². The van der Waals surface area contributed by atoms with Gasteiger partial charge in [-0.3, -0.25) is 19.5 Å². The van der Waals surface area contributed by atoms with Gasteiger partial charge in [0.2, 0.25) is 5.91 Å². The molecule has 0 spiro atoms. The van der Waals surface area contributed by atoms with Crippen molar-refractivity contribution in [3.8, 4) is 16.9 Å². The van der Waals surface area contributed by atoms with Crippen LogP contribution in [-0.2, 0) is 17.9 Å². The quantitative estimate of drug-likeness (QED) is 0.583. The van der Waals surface area contributed by atoms with Gasteiger partial charge in [0.25, 0.3) is 5.56 Å². The molecule has 0 unspecified atom stereocenters. The molecule has 0 bridgehead atoms. The molecule has 1 aromatic carbocycles. The topological polar surface area (TPSA) is 96.7 Å². The molecule has 2 aliphatic rings. The third-order valence-electron chi connectivity index (χ3n) is 7.20. The summed E-state index contributed by atoms with van der Waals surface area (Å²) >= 11 is 0. The van der Waals surface area contributed by atoms with E-state index in [0.717, 1.165) is 22.6 Å². The fourth-order valence-corrected chi connectivity index (χ4v) is 5.59. The summed E-state index contributed by atoms with van der Waals surface area (Å²) in [5, 5.41) is 13.3. The summed E-state index contributed by atoms with van der Waals surface area (Å²) in [5.41, 5.74) is 3.14. The highest BCUT2D eigenvalue weighted by Gasteiger charge is 2.54. The number of aliphatic hydroxyl groups excluding tert-OH is 1. The minimum atomic E-state index is -0.479. The van der Waals surface area contributed by atoms with Crippen molar-refractivity contribution < 1.29 is 14.6 Å². The van der Waals surface area contributed by atoms with Crippen molar-refractivity contribution in [2.75, 3.05) is 20.8 Å². The minimum Gasteiger partial charge on any atom is -0.497 e. The molecule has 2 aliphatic heterocycles. The zero-order valence-electron chi connectivity index (χ0n) is 19.2. The molecule has 0 saturated carbocycles. The second-order valence-corrected chi connectivity index (χ2v) is 8.96. The van der Waals surface area contributed by atoms with Crippen molar-refractivity contribution in [2.45, 2.75) is 25.2 Å². The first-order valence-corrected chi connectivity index (χ1v) is 11.4. The molecule has 8 nitrogen and oxygen atoms in total. The normalized spacial score (nSPS) is 23.4. The molecule has 2 aromatic heterocycles. The highest BCUT2D eigenvalue weighted by Crippen LogP contribution is 2.48. The predicted octanol–water partition coefficient (Wildman–Crippen LogP) is 1.83. The Bertz CT molecular complexity index is 1260. The van der Waals surface area contributed by atoms with Crippen LogP contribution in [0.4, 0.5) is 0 Å². The Morgan fingerprint density at radius 2 is 2.09 bits per heavy atom. The third kappa shape index (κ3) is 3.69. The first kappa shape index (κ1) is 22.3. The Labute approximate surface area is 197 Å². The molecule has 1 fully saturated rings. The van der Waals surface area contributed by atoms with Gasteiger partial charge in [-0.2, -0.15) is 0 Å². The molecular formula is C26H28N4O4. The number of fused-ring (bicyclic) bond motifs is 3. The minimum absolute atomic E-state index is 0.0283. The van der Waals surface area contributed by atoms with Gasteiger partial charge < -0.3 is 19.7 Å². The lowest BCUT2D eigenvalue weighted by Crippen LogP contribution is -2.46. The van der Waals surface area contributed by atoms with Crippen molar-refractivity contribution in [1.82, 2.24) is 19.8 Å². The van der Waals surface area contributed by atoms with E-state index in [1.165, 1.54) is 0 Å². The zero-order chi connectivity index (χ0) is 23.8. The van der Waals surface area contributed by atoms with Crippen molar-refractivity contribution >= 4 is 5.91 Å². The van der Waals surface area contributed by atoms with E-state index in [-0.39, 0.29) is 36.0 Å². The van der Waals surface area contributed by atoms with Gasteiger partial charge in [-0.1, -0.05) is 18.2 Å². The van der Waals surface area contributed by atoms with Crippen LogP contribution in [0.1, 0.15) is 17.3 Å². The van der Waals surface area contributed by atoms with Gasteiger partial charge in [-0.05, 0) is 42.9 Å². The number of carbonyl (C=O) groups excluding carboxylic acids is 1. The van der Waals surface area contributed by atoms with E-state index in [9.17, 15) is 14.7 Å². The number of carbonyl (C=O) groups is 1. The number of ether oxygens (including phenoxy) is 1. The summed E-state index contributed by atoms with van der Waals surface area (Å²) in [6.07, 6.45) is 3.37. The molecule has 3 aromatic rings. The Balaban J connectivity index is 1.39. The number of nitrogens with zero attached hydrogens (tertiary/aromatic N) is 3. The van der Waals surface area contributed by atoms with Crippen LogP contribution in [0.25, 0.3) is 11.1 Å². The van der Waals surface area contributed by atoms with Gasteiger partial charge in [0.05, 0.1) is 19.2 Å². The number of aromatic nitrogens is 2. The average Bonchev–Trinajstić information content (AvgIpc) is 3.38. The smallest absolute Gasteiger partial charge is 0.258 e. The molecule has 176 valence electrons. The van der Waals surface area contributed by atoms with E-state index in [2.05, 4.69) is 10.3 Å². The van der Waals surface area contributed by atoms with Crippen LogP contribution in [0, 0.1) is 11.8 Å². The number of hydrogen-bond acceptors (Lipinski definition) is 6. The molecule has 1 saturated heterocycles. The second-order valence-electron chi connectivity index (χ2n) is 8.96. The van der Waals surface area contributed by atoms with Crippen molar-refractivity contribution in [3.05, 3.63) is 82.5 Å². The molecule has 34 heavy (non-hydrogen) atoms. The predicted molar refractivity (Wildman–Crippen MR) is 127 cm³/mol. The fourth-order valence-electron chi connectivity index (χ4n) is 5.59. The molecule has 2 N–H and O–H groups in total. The summed E-state index contributed by atoms with van der Waals surface area (Å²) in [5.74, 6) is 0.306. The molecule has 8 heteroatoms. The number of likely N-dealkylation sites (N-methyl/N-ethyl adjacent to an activating group) is 1. The molecule has 4 heterocycles. The first-order valence-electron chi connectivity index (χ1n) is 11.4. The number of rotatable bonds is 6. The van der Waals surface area contributed by atoms with E-state index in [4.69, 9.17) is 4.74 Å². The summed E-state index contributed by atoms with van der Waals surface area (Å²) in [6.45, 7) is 0.724. The number of aliphatic hydroxyl groups is 1. The maximum Gasteiger partial charge on any atom is 0.258 e. The van der Waals surface area contributed by atoms with Gasteiger partial charge >= 0.3 is 0 Å². The van der Waals surface area contributed by atoms with Gasteiger partial charge in [0.1, 0.15) is 5.75 Å². The van der Waals surface area contributed by atoms with E-state index in [1.54, 1.807) is 24.1 Å². The lowest BCUT2D eigenvalue weighted by molar-refractivity contribution is -0.127. The average molecular weight is 461 g/mol. The number of amides is 1. The third-order valence-corrected chi connectivity index (χ3v) is 7.20. The number of nitrogens with one attached hydrogen (secondary N) is 1. The molecule has 5 rings (SSSR count). The van der Waals surface area contributed by atoms with Gasteiger partial charge in [0.15, 0.2) is 0 Å². The van der Waals surface area contributed by atoms with Crippen LogP contribution in [0.5, 0.6) is 5.75 Å². The van der Waals surface area contributed by atoms with E-state index >= 15 is 0 Å². The van der Waals surface area contributed by atoms with Crippen LogP contribution in [0.15, 0.2) is 65.7 Å². The number of methoxy groups -OCH3 is 1. The molecule has 1 amide bonds. The summed E-state index contributed by atoms with van der Waals surface area (Å²) in [6, 6.07) is 14.5. The lowest BCUT2D eigenvalue weighted by Gasteiger charge is -2.27. The molecular weight excluding hydrogens is 432 g/mol. The summed E-state index contributed by atoms with van der Waals surface area (Å²) < 4.78 is 7.05. The van der Waals surface area contributed by atoms with Crippen LogP contribution in [0.3, 0.4) is 0 Å². The second kappa shape index (κ2) is 9.04. The number of likely N-dealkylation sites (tertiary alicyclic amines) is 1. The summed E-state index contributed by atoms with van der Waals surface area (Å²) in [4.78, 5) is 32.7. The van der Waals surface area contributed by atoms with E-state index < -0.39 is 6.04 Å². The number of hydrogen-bond donors (Lipinski definition) is 2. The molecule has 0 radical (unpaired) electrons. The van der Waals surface area contributed by atoms with Gasteiger partial charge in [-0.15, -0.1) is 0 Å². The number of pyridine rings is 2. The van der Waals surface area contributed by atoms with Gasteiger partial charge in [0, 0.05) is 60.7 Å². The maximum absolute atomic E-state index is 13.3. The first-order chi connectivity index (χ1) is 16.5. The monoisotopic (exact) mass is 460 g/mol. The standard InChI is InChI=1S/C26H28N4O4/c1-29-23-20(14-30-22(23)9-8-19(26(30)33)17-6-4-10-27-13-17)21(15-31)24(29)25(32)28-12-16-5-3-7-18(11-16)34-2/h3-11,13,20-21,23-24,31H,12,14-15H2,1-2H3,(H,28,32)/t20-,21-,23+,24-/m1/s1. The maximum atomic E-state index is 13.3. The van der Waals surface area contributed by atoms with Crippen LogP contribution in [0.2, 0.25) is 0 Å². The number of benzene rings is 1. The Morgan fingerprint density at radius 3 is 2.82 bits per heavy atom. The largest absolute Gasteiger partial charge is 0.497 e. The Kier molecular flexibility index (Phi) is 5.93. The highest BCUT2D eigenvalue weighted by molar-refractivity contribution is 5.82. The SMILES string of the molecule is COc1cccc(CNC(=O)[C@H]2[C@H](CO)[C@H]3Cn4c(ccc(-c5cccnc5)c4=O)[C@H]3N2C)c1. The van der Waals surface area contributed by atoms with Crippen molar-refractivity contribution in [1.29, 1.82) is 0 Å². The van der Waals surface area contributed by atoms with Crippen LogP contribution >= 0.6 is 0 Å². The summed E-state index contributed by atoms with van der Waals surface area (Å²) in [7, 11) is 3.51. The molecule has 0 aliphatic carbocycles. The van der Waals surface area contributed by atoms with Crippen molar-refractivity contribution in [3.63, 3.8) is 0 Å². The lowest BCUT2D eigenvalue weighted by atomic mass is 9.88. The zero-order valence-corrected chi connectivity index (χ0v) is 19.2. The Hall–Kier alpha value is -3.49. The Morgan fingerprint density at radius 1 is 1.24 bits per heavy atom. The van der Waals surface area contributed by atoms with E-state index in [1.807, 2.05) is 60.5 Å². The highest BCUT2D eigenvalue weighted by atomic mass is 16.5.